The van der Waals surface area contributed by atoms with E-state index in [-0.39, 0.29) is 10.8 Å². The van der Waals surface area contributed by atoms with Crippen molar-refractivity contribution in [1.82, 2.24) is 0 Å². The van der Waals surface area contributed by atoms with E-state index in [9.17, 15) is 5.11 Å². The van der Waals surface area contributed by atoms with Crippen LogP contribution in [0.1, 0.15) is 41.5 Å². The summed E-state index contributed by atoms with van der Waals surface area (Å²) in [5.41, 5.74) is 0.901. The fraction of sp³-hybridized carbons (Fsp3) is 0.818. The number of aliphatic hydroxyl groups is 1. The maximum Gasteiger partial charge on any atom is 0.0716 e. The van der Waals surface area contributed by atoms with Crippen molar-refractivity contribution >= 4 is 0 Å². The second-order valence-electron chi connectivity index (χ2n) is 5.57. The van der Waals surface area contributed by atoms with Crippen LogP contribution in [-0.2, 0) is 0 Å². The molecule has 1 aliphatic rings. The summed E-state index contributed by atoms with van der Waals surface area (Å²) < 4.78 is 0. The van der Waals surface area contributed by atoms with Crippen LogP contribution in [-0.4, -0.2) is 10.7 Å². The van der Waals surface area contributed by atoms with Gasteiger partial charge in [-0.05, 0) is 26.2 Å². The summed E-state index contributed by atoms with van der Waals surface area (Å²) in [6, 6.07) is 0. The van der Waals surface area contributed by atoms with Crippen LogP contribution in [0, 0.1) is 10.8 Å². The summed E-state index contributed by atoms with van der Waals surface area (Å²) in [5.74, 6) is 0. The molecule has 70 valence electrons. The smallest absolute Gasteiger partial charge is 0.0716 e. The SMILES string of the molecule is CC(C)(C)C1=CC1(C)C(C)(C)O. The Hall–Kier alpha value is -0.300. The molecule has 0 aromatic rings. The highest BCUT2D eigenvalue weighted by Gasteiger charge is 2.53. The Labute approximate surface area is 75.5 Å². The highest BCUT2D eigenvalue weighted by atomic mass is 16.3. The van der Waals surface area contributed by atoms with Gasteiger partial charge in [-0.2, -0.15) is 0 Å². The number of hydrogen-bond donors (Lipinski definition) is 1. The molecule has 1 heteroatoms. The molecule has 0 aromatic carbocycles. The van der Waals surface area contributed by atoms with Crippen LogP contribution in [0.4, 0.5) is 0 Å². The summed E-state index contributed by atoms with van der Waals surface area (Å²) >= 11 is 0. The molecule has 1 atom stereocenters. The normalized spacial score (nSPS) is 30.1. The summed E-state index contributed by atoms with van der Waals surface area (Å²) in [7, 11) is 0. The van der Waals surface area contributed by atoms with Crippen LogP contribution in [0.5, 0.6) is 0 Å². The van der Waals surface area contributed by atoms with Gasteiger partial charge in [-0.25, -0.2) is 0 Å². The first-order chi connectivity index (χ1) is 5.09. The van der Waals surface area contributed by atoms with Gasteiger partial charge in [0, 0.05) is 5.41 Å². The molecule has 0 fully saturated rings. The Morgan fingerprint density at radius 3 is 1.67 bits per heavy atom. The minimum atomic E-state index is -0.615. The second kappa shape index (κ2) is 2.14. The summed E-state index contributed by atoms with van der Waals surface area (Å²) in [5, 5.41) is 9.90. The Morgan fingerprint density at radius 2 is 1.58 bits per heavy atom. The van der Waals surface area contributed by atoms with Crippen molar-refractivity contribution in [2.75, 3.05) is 0 Å². The topological polar surface area (TPSA) is 20.2 Å². The molecule has 0 saturated heterocycles. The molecule has 1 rings (SSSR count). The lowest BCUT2D eigenvalue weighted by atomic mass is 9.77. The predicted octanol–water partition coefficient (Wildman–Crippen LogP) is 2.75. The Bertz CT molecular complexity index is 224. The molecule has 0 spiro atoms. The molecular weight excluding hydrogens is 148 g/mol. The fourth-order valence-corrected chi connectivity index (χ4v) is 1.75. The van der Waals surface area contributed by atoms with Gasteiger partial charge in [0.15, 0.2) is 0 Å². The van der Waals surface area contributed by atoms with E-state index < -0.39 is 5.60 Å². The summed E-state index contributed by atoms with van der Waals surface area (Å²) in [6.45, 7) is 12.4. The van der Waals surface area contributed by atoms with Crippen molar-refractivity contribution in [2.24, 2.45) is 10.8 Å². The molecule has 0 amide bonds. The lowest BCUT2D eigenvalue weighted by molar-refractivity contribution is 0.0160. The van der Waals surface area contributed by atoms with E-state index in [1.165, 1.54) is 5.57 Å². The van der Waals surface area contributed by atoms with Crippen LogP contribution < -0.4 is 0 Å². The van der Waals surface area contributed by atoms with Gasteiger partial charge in [0.2, 0.25) is 0 Å². The first-order valence-corrected chi connectivity index (χ1v) is 4.55. The molecule has 0 saturated carbocycles. The van der Waals surface area contributed by atoms with Crippen molar-refractivity contribution in [3.05, 3.63) is 11.6 Å². The largest absolute Gasteiger partial charge is 0.389 e. The Morgan fingerprint density at radius 1 is 1.17 bits per heavy atom. The molecule has 1 nitrogen and oxygen atoms in total. The van der Waals surface area contributed by atoms with Gasteiger partial charge < -0.3 is 5.11 Å². The summed E-state index contributed by atoms with van der Waals surface area (Å²) in [4.78, 5) is 0. The van der Waals surface area contributed by atoms with E-state index in [1.54, 1.807) is 0 Å². The zero-order chi connectivity index (χ0) is 9.78. The maximum absolute atomic E-state index is 9.90. The Balaban J connectivity index is 2.78. The molecule has 1 N–H and O–H groups in total. The third-order valence-corrected chi connectivity index (χ3v) is 2.99. The highest BCUT2D eigenvalue weighted by Crippen LogP contribution is 2.58. The first kappa shape index (κ1) is 9.79. The minimum absolute atomic E-state index is 0.0642. The van der Waals surface area contributed by atoms with E-state index >= 15 is 0 Å². The number of rotatable bonds is 1. The molecule has 0 heterocycles. The molecule has 0 aromatic heterocycles. The molecule has 1 unspecified atom stereocenters. The first-order valence-electron chi connectivity index (χ1n) is 4.55. The predicted molar refractivity (Wildman–Crippen MR) is 51.9 cm³/mol. The minimum Gasteiger partial charge on any atom is -0.389 e. The number of hydrogen-bond acceptors (Lipinski definition) is 1. The van der Waals surface area contributed by atoms with Crippen LogP contribution in [0.15, 0.2) is 11.6 Å². The van der Waals surface area contributed by atoms with Crippen molar-refractivity contribution in [3.8, 4) is 0 Å². The van der Waals surface area contributed by atoms with Gasteiger partial charge in [0.05, 0.1) is 5.60 Å². The average Bonchev–Trinajstić information content (AvgIpc) is 2.38. The average molecular weight is 168 g/mol. The van der Waals surface area contributed by atoms with Crippen molar-refractivity contribution < 1.29 is 5.11 Å². The quantitative estimate of drug-likeness (QED) is 0.597. The van der Waals surface area contributed by atoms with Crippen LogP contribution in [0.2, 0.25) is 0 Å². The molecular formula is C11H20O. The van der Waals surface area contributed by atoms with E-state index in [0.717, 1.165) is 0 Å². The third kappa shape index (κ3) is 1.31. The van der Waals surface area contributed by atoms with Crippen LogP contribution in [0.3, 0.4) is 0 Å². The molecule has 12 heavy (non-hydrogen) atoms. The molecule has 0 radical (unpaired) electrons. The van der Waals surface area contributed by atoms with Gasteiger partial charge in [0.25, 0.3) is 0 Å². The zero-order valence-corrected chi connectivity index (χ0v) is 9.02. The van der Waals surface area contributed by atoms with E-state index in [2.05, 4.69) is 33.8 Å². The lowest BCUT2D eigenvalue weighted by Gasteiger charge is -2.32. The van der Waals surface area contributed by atoms with Crippen molar-refractivity contribution in [3.63, 3.8) is 0 Å². The third-order valence-electron chi connectivity index (χ3n) is 2.99. The fourth-order valence-electron chi connectivity index (χ4n) is 1.75. The van der Waals surface area contributed by atoms with Gasteiger partial charge in [-0.3, -0.25) is 0 Å². The van der Waals surface area contributed by atoms with Gasteiger partial charge in [-0.1, -0.05) is 32.4 Å². The molecule has 0 bridgehead atoms. The van der Waals surface area contributed by atoms with E-state index in [0.29, 0.717) is 0 Å². The van der Waals surface area contributed by atoms with Crippen LogP contribution in [0.25, 0.3) is 0 Å². The van der Waals surface area contributed by atoms with Crippen molar-refractivity contribution in [2.45, 2.75) is 47.1 Å². The van der Waals surface area contributed by atoms with Gasteiger partial charge in [0.1, 0.15) is 0 Å². The standard InChI is InChI=1S/C11H20O/c1-9(2,3)8-7-11(8,6)10(4,5)12/h7,12H,1-6H3. The maximum atomic E-state index is 9.90. The monoisotopic (exact) mass is 168 g/mol. The van der Waals surface area contributed by atoms with E-state index in [4.69, 9.17) is 0 Å². The summed E-state index contributed by atoms with van der Waals surface area (Å²) in [6.07, 6.45) is 2.19. The highest BCUT2D eigenvalue weighted by molar-refractivity contribution is 5.45. The van der Waals surface area contributed by atoms with Gasteiger partial charge in [-0.15, -0.1) is 0 Å². The second-order valence-corrected chi connectivity index (χ2v) is 5.57. The van der Waals surface area contributed by atoms with Gasteiger partial charge >= 0.3 is 0 Å². The zero-order valence-electron chi connectivity index (χ0n) is 9.02. The molecule has 1 aliphatic carbocycles. The Kier molecular flexibility index (Phi) is 1.74. The lowest BCUT2D eigenvalue weighted by Crippen LogP contribution is -2.34. The van der Waals surface area contributed by atoms with E-state index in [1.807, 2.05) is 13.8 Å². The van der Waals surface area contributed by atoms with Crippen molar-refractivity contribution in [1.29, 1.82) is 0 Å². The van der Waals surface area contributed by atoms with Crippen LogP contribution >= 0.6 is 0 Å². The molecule has 0 aliphatic heterocycles.